The van der Waals surface area contributed by atoms with Crippen molar-refractivity contribution in [2.24, 2.45) is 10.4 Å². The Bertz CT molecular complexity index is 550. The lowest BCUT2D eigenvalue weighted by Crippen LogP contribution is -2.43. The minimum Gasteiger partial charge on any atom is -0.381 e. The molecule has 7 nitrogen and oxygen atoms in total. The first-order valence-corrected chi connectivity index (χ1v) is 10.9. The molecule has 1 spiro atoms. The van der Waals surface area contributed by atoms with E-state index < -0.39 is 9.84 Å². The fourth-order valence-electron chi connectivity index (χ4n) is 3.78. The number of ether oxygens (including phenoxy) is 1. The predicted molar refractivity (Wildman–Crippen MR) is 111 cm³/mol. The molecule has 3 aliphatic rings. The van der Waals surface area contributed by atoms with E-state index in [4.69, 9.17) is 9.73 Å². The van der Waals surface area contributed by atoms with Crippen molar-refractivity contribution in [2.75, 3.05) is 70.5 Å². The maximum absolute atomic E-state index is 11.5. The van der Waals surface area contributed by atoms with Crippen LogP contribution in [0, 0.1) is 5.41 Å². The Balaban J connectivity index is 0.00000225. The molecule has 9 heteroatoms. The summed E-state index contributed by atoms with van der Waals surface area (Å²) in [5.41, 5.74) is 0.331. The van der Waals surface area contributed by atoms with Crippen LogP contribution in [-0.2, 0) is 14.6 Å². The molecule has 3 heterocycles. The van der Waals surface area contributed by atoms with Crippen molar-refractivity contribution in [2.45, 2.75) is 19.8 Å². The van der Waals surface area contributed by atoms with Gasteiger partial charge in [-0.25, -0.2) is 8.42 Å². The fourth-order valence-corrected chi connectivity index (χ4v) is 5.06. The summed E-state index contributed by atoms with van der Waals surface area (Å²) in [6, 6.07) is 0. The average Bonchev–Trinajstić information content (AvgIpc) is 3.19. The van der Waals surface area contributed by atoms with Crippen molar-refractivity contribution in [1.29, 1.82) is 0 Å². The van der Waals surface area contributed by atoms with Crippen LogP contribution >= 0.6 is 24.0 Å². The summed E-state index contributed by atoms with van der Waals surface area (Å²) in [6.07, 6.45) is 2.34. The van der Waals surface area contributed by atoms with E-state index in [0.29, 0.717) is 25.0 Å². The van der Waals surface area contributed by atoms with E-state index in [2.05, 4.69) is 22.0 Å². The number of nitrogens with one attached hydrogen (secondary N) is 1. The minimum absolute atomic E-state index is 0. The van der Waals surface area contributed by atoms with Crippen molar-refractivity contribution < 1.29 is 13.2 Å². The maximum Gasteiger partial charge on any atom is 0.193 e. The Morgan fingerprint density at radius 3 is 2.64 bits per heavy atom. The summed E-state index contributed by atoms with van der Waals surface area (Å²) in [5.74, 6) is 1.56. The Morgan fingerprint density at radius 1 is 1.24 bits per heavy atom. The zero-order valence-electron chi connectivity index (χ0n) is 15.1. The normalized spacial score (nSPS) is 29.8. The number of hydrogen-bond acceptors (Lipinski definition) is 5. The third-order valence-electron chi connectivity index (χ3n) is 5.37. The van der Waals surface area contributed by atoms with Gasteiger partial charge in [-0.05, 0) is 19.8 Å². The molecule has 0 aromatic heterocycles. The van der Waals surface area contributed by atoms with Crippen molar-refractivity contribution in [3.8, 4) is 0 Å². The molecule has 146 valence electrons. The van der Waals surface area contributed by atoms with Gasteiger partial charge in [0.2, 0.25) is 0 Å². The van der Waals surface area contributed by atoms with Crippen LogP contribution in [0.25, 0.3) is 0 Å². The van der Waals surface area contributed by atoms with Gasteiger partial charge in [-0.3, -0.25) is 9.89 Å². The number of aliphatic imine (C=N–C) groups is 1. The van der Waals surface area contributed by atoms with E-state index in [1.54, 1.807) is 0 Å². The maximum atomic E-state index is 11.5. The zero-order valence-corrected chi connectivity index (χ0v) is 18.2. The van der Waals surface area contributed by atoms with E-state index >= 15 is 0 Å². The average molecular weight is 486 g/mol. The second kappa shape index (κ2) is 9.18. The van der Waals surface area contributed by atoms with Gasteiger partial charge in [0.15, 0.2) is 15.8 Å². The molecular formula is C16H31IN4O3S. The van der Waals surface area contributed by atoms with Crippen molar-refractivity contribution in [1.82, 2.24) is 15.1 Å². The summed E-state index contributed by atoms with van der Waals surface area (Å²) in [4.78, 5) is 9.34. The van der Waals surface area contributed by atoms with Crippen LogP contribution in [0.3, 0.4) is 0 Å². The van der Waals surface area contributed by atoms with Crippen LogP contribution in [0.15, 0.2) is 4.99 Å². The standard InChI is InChI=1S/C16H30N4O3S.HI/c1-2-17-15(20-6-3-16(13-20)4-10-23-14-16)18-5-7-19-8-11-24(21,22)12-9-19;/h2-14H2,1H3,(H,17,18);1H. The minimum atomic E-state index is -2.80. The molecule has 3 fully saturated rings. The van der Waals surface area contributed by atoms with Crippen LogP contribution in [0.4, 0.5) is 0 Å². The summed E-state index contributed by atoms with van der Waals surface area (Å²) in [7, 11) is -2.80. The first kappa shape index (κ1) is 21.2. The fraction of sp³-hybridized carbons (Fsp3) is 0.938. The highest BCUT2D eigenvalue weighted by molar-refractivity contribution is 14.0. The monoisotopic (exact) mass is 486 g/mol. The SMILES string of the molecule is CCNC(=NCCN1CCS(=O)(=O)CC1)N1CCC2(CCOC2)C1.I. The molecule has 1 N–H and O–H groups in total. The zero-order chi connectivity index (χ0) is 17.0. The summed E-state index contributed by atoms with van der Waals surface area (Å²) < 4.78 is 28.6. The van der Waals surface area contributed by atoms with Crippen molar-refractivity contribution in [3.05, 3.63) is 0 Å². The van der Waals surface area contributed by atoms with Gasteiger partial charge in [0, 0.05) is 51.3 Å². The van der Waals surface area contributed by atoms with Crippen molar-refractivity contribution in [3.63, 3.8) is 0 Å². The first-order chi connectivity index (χ1) is 11.5. The molecule has 3 saturated heterocycles. The van der Waals surface area contributed by atoms with Crippen LogP contribution in [0.5, 0.6) is 0 Å². The second-order valence-corrected chi connectivity index (χ2v) is 9.51. The quantitative estimate of drug-likeness (QED) is 0.353. The van der Waals surface area contributed by atoms with Gasteiger partial charge < -0.3 is 15.0 Å². The Morgan fingerprint density at radius 2 is 2.00 bits per heavy atom. The van der Waals surface area contributed by atoms with Crippen LogP contribution in [-0.4, -0.2) is 94.7 Å². The Labute approximate surface area is 168 Å². The lowest BCUT2D eigenvalue weighted by molar-refractivity contribution is 0.156. The Kier molecular flexibility index (Phi) is 7.78. The van der Waals surface area contributed by atoms with Crippen LogP contribution in [0.1, 0.15) is 19.8 Å². The molecule has 0 aromatic carbocycles. The molecule has 0 amide bonds. The highest BCUT2D eigenvalue weighted by atomic mass is 127. The molecule has 1 unspecified atom stereocenters. The predicted octanol–water partition coefficient (Wildman–Crippen LogP) is 0.413. The number of halogens is 1. The van der Waals surface area contributed by atoms with Gasteiger partial charge in [0.05, 0.1) is 24.7 Å². The van der Waals surface area contributed by atoms with E-state index in [9.17, 15) is 8.42 Å². The molecule has 0 bridgehead atoms. The molecule has 0 radical (unpaired) electrons. The van der Waals surface area contributed by atoms with E-state index in [1.165, 1.54) is 6.42 Å². The Hall–Kier alpha value is -0.130. The van der Waals surface area contributed by atoms with Crippen LogP contribution < -0.4 is 5.32 Å². The molecule has 0 aliphatic carbocycles. The van der Waals surface area contributed by atoms with Gasteiger partial charge in [-0.1, -0.05) is 0 Å². The number of sulfone groups is 1. The van der Waals surface area contributed by atoms with Gasteiger partial charge in [-0.2, -0.15) is 0 Å². The molecule has 1 atom stereocenters. The lowest BCUT2D eigenvalue weighted by Gasteiger charge is -2.27. The lowest BCUT2D eigenvalue weighted by atomic mass is 9.87. The van der Waals surface area contributed by atoms with Crippen molar-refractivity contribution >= 4 is 39.8 Å². The molecule has 25 heavy (non-hydrogen) atoms. The third kappa shape index (κ3) is 5.67. The molecule has 3 rings (SSSR count). The number of guanidine groups is 1. The number of rotatable bonds is 4. The first-order valence-electron chi connectivity index (χ1n) is 9.06. The molecule has 0 saturated carbocycles. The highest BCUT2D eigenvalue weighted by Gasteiger charge is 2.42. The topological polar surface area (TPSA) is 74.2 Å². The molecular weight excluding hydrogens is 455 g/mol. The summed E-state index contributed by atoms with van der Waals surface area (Å²) >= 11 is 0. The van der Waals surface area contributed by atoms with E-state index in [0.717, 1.165) is 51.8 Å². The smallest absolute Gasteiger partial charge is 0.193 e. The van der Waals surface area contributed by atoms with Crippen LogP contribution in [0.2, 0.25) is 0 Å². The van der Waals surface area contributed by atoms with Gasteiger partial charge in [0.25, 0.3) is 0 Å². The number of likely N-dealkylation sites (tertiary alicyclic amines) is 1. The van der Waals surface area contributed by atoms with Gasteiger partial charge in [-0.15, -0.1) is 24.0 Å². The van der Waals surface area contributed by atoms with E-state index in [1.807, 2.05) is 0 Å². The second-order valence-electron chi connectivity index (χ2n) is 7.20. The highest BCUT2D eigenvalue weighted by Crippen LogP contribution is 2.38. The summed E-state index contributed by atoms with van der Waals surface area (Å²) in [5, 5.41) is 3.40. The number of nitrogens with zero attached hydrogens (tertiary/aromatic N) is 3. The van der Waals surface area contributed by atoms with E-state index in [-0.39, 0.29) is 35.5 Å². The largest absolute Gasteiger partial charge is 0.381 e. The molecule has 0 aromatic rings. The number of hydrogen-bond donors (Lipinski definition) is 1. The molecule has 3 aliphatic heterocycles. The van der Waals surface area contributed by atoms with Gasteiger partial charge in [0.1, 0.15) is 0 Å². The third-order valence-corrected chi connectivity index (χ3v) is 6.98. The van der Waals surface area contributed by atoms with Gasteiger partial charge >= 0.3 is 0 Å². The summed E-state index contributed by atoms with van der Waals surface area (Å²) in [6.45, 7) is 9.60.